The number of piperidine rings is 1. The van der Waals surface area contributed by atoms with Crippen molar-refractivity contribution < 1.29 is 4.92 Å². The van der Waals surface area contributed by atoms with Gasteiger partial charge in [0.05, 0.1) is 4.92 Å². The first-order valence-corrected chi connectivity index (χ1v) is 5.87. The monoisotopic (exact) mass is 271 g/mol. The molecule has 6 heteroatoms. The van der Waals surface area contributed by atoms with Crippen molar-refractivity contribution in [2.75, 3.05) is 13.1 Å². The number of halogens is 1. The number of hydrogen-bond acceptors (Lipinski definition) is 4. The Kier molecular flexibility index (Phi) is 5.53. The molecule has 0 amide bonds. The molecule has 0 saturated carbocycles. The quantitative estimate of drug-likeness (QED) is 0.674. The molecule has 18 heavy (non-hydrogen) atoms. The highest BCUT2D eigenvalue weighted by atomic mass is 35.5. The average Bonchev–Trinajstić information content (AvgIpc) is 2.32. The lowest BCUT2D eigenvalue weighted by Gasteiger charge is -2.29. The van der Waals surface area contributed by atoms with Gasteiger partial charge < -0.3 is 5.73 Å². The zero-order valence-electron chi connectivity index (χ0n) is 10.1. The number of hydrogen-bond donors (Lipinski definition) is 1. The molecule has 1 aromatic rings. The Bertz CT molecular complexity index is 406. The summed E-state index contributed by atoms with van der Waals surface area (Å²) in [7, 11) is 0. The molecule has 1 aliphatic heterocycles. The maximum absolute atomic E-state index is 10.9. The minimum absolute atomic E-state index is 0. The van der Waals surface area contributed by atoms with Crippen LogP contribution >= 0.6 is 12.4 Å². The molecule has 0 radical (unpaired) electrons. The summed E-state index contributed by atoms with van der Waals surface area (Å²) >= 11 is 0. The van der Waals surface area contributed by atoms with Crippen molar-refractivity contribution in [3.63, 3.8) is 0 Å². The van der Waals surface area contributed by atoms with Crippen molar-refractivity contribution >= 4 is 18.1 Å². The second-order valence-electron chi connectivity index (χ2n) is 4.50. The zero-order valence-corrected chi connectivity index (χ0v) is 10.9. The Labute approximate surface area is 113 Å². The fourth-order valence-electron chi connectivity index (χ4n) is 2.17. The Morgan fingerprint density at radius 1 is 1.33 bits per heavy atom. The molecule has 2 rings (SSSR count). The molecule has 0 aliphatic carbocycles. The molecule has 1 saturated heterocycles. The van der Waals surface area contributed by atoms with Crippen LogP contribution in [0.3, 0.4) is 0 Å². The average molecular weight is 272 g/mol. The van der Waals surface area contributed by atoms with E-state index in [1.54, 1.807) is 12.1 Å². The normalized spacial score (nSPS) is 17.2. The van der Waals surface area contributed by atoms with Crippen LogP contribution in [0.25, 0.3) is 0 Å². The minimum atomic E-state index is -0.314. The van der Waals surface area contributed by atoms with Gasteiger partial charge in [-0.25, -0.2) is 0 Å². The summed E-state index contributed by atoms with van der Waals surface area (Å²) in [5.41, 5.74) is 6.83. The number of nitro benzene ring substituents is 1. The molecule has 0 atom stereocenters. The van der Waals surface area contributed by atoms with Gasteiger partial charge in [0.25, 0.3) is 5.69 Å². The summed E-state index contributed by atoms with van der Waals surface area (Å²) < 4.78 is 0. The second-order valence-corrected chi connectivity index (χ2v) is 4.50. The summed E-state index contributed by atoms with van der Waals surface area (Å²) in [6.07, 6.45) is 1.95. The smallest absolute Gasteiger partial charge is 0.273 e. The van der Waals surface area contributed by atoms with Gasteiger partial charge in [-0.15, -0.1) is 12.4 Å². The highest BCUT2D eigenvalue weighted by Crippen LogP contribution is 2.21. The predicted octanol–water partition coefficient (Wildman–Crippen LogP) is 1.94. The van der Waals surface area contributed by atoms with E-state index in [9.17, 15) is 10.1 Å². The van der Waals surface area contributed by atoms with Crippen LogP contribution in [0.1, 0.15) is 18.4 Å². The lowest BCUT2D eigenvalue weighted by Crippen LogP contribution is -2.39. The maximum atomic E-state index is 10.9. The zero-order chi connectivity index (χ0) is 12.3. The largest absolute Gasteiger partial charge is 0.328 e. The first kappa shape index (κ1) is 14.9. The predicted molar refractivity (Wildman–Crippen MR) is 72.8 cm³/mol. The number of likely N-dealkylation sites (tertiary alicyclic amines) is 1. The number of rotatable bonds is 3. The molecular weight excluding hydrogens is 254 g/mol. The summed E-state index contributed by atoms with van der Waals surface area (Å²) in [4.78, 5) is 12.8. The topological polar surface area (TPSA) is 72.4 Å². The van der Waals surface area contributed by atoms with Gasteiger partial charge in [0, 0.05) is 24.2 Å². The third-order valence-corrected chi connectivity index (χ3v) is 3.21. The van der Waals surface area contributed by atoms with Gasteiger partial charge in [-0.05, 0) is 25.9 Å². The van der Waals surface area contributed by atoms with Crippen LogP contribution in [0.4, 0.5) is 5.69 Å². The van der Waals surface area contributed by atoms with Gasteiger partial charge >= 0.3 is 0 Å². The van der Waals surface area contributed by atoms with Gasteiger partial charge in [0.15, 0.2) is 0 Å². The number of nitro groups is 1. The van der Waals surface area contributed by atoms with Gasteiger partial charge in [-0.3, -0.25) is 15.0 Å². The van der Waals surface area contributed by atoms with Crippen LogP contribution in [-0.2, 0) is 6.54 Å². The van der Waals surface area contributed by atoms with E-state index in [0.717, 1.165) is 31.5 Å². The first-order valence-electron chi connectivity index (χ1n) is 5.87. The number of nitrogens with two attached hydrogens (primary N) is 1. The van der Waals surface area contributed by atoms with Crippen molar-refractivity contribution in [1.29, 1.82) is 0 Å². The Balaban J connectivity index is 0.00000162. The van der Waals surface area contributed by atoms with Crippen LogP contribution in [0, 0.1) is 10.1 Å². The Morgan fingerprint density at radius 2 is 1.94 bits per heavy atom. The number of para-hydroxylation sites is 1. The molecule has 0 unspecified atom stereocenters. The first-order chi connectivity index (χ1) is 8.16. The van der Waals surface area contributed by atoms with E-state index in [1.807, 2.05) is 12.1 Å². The Morgan fingerprint density at radius 3 is 2.56 bits per heavy atom. The lowest BCUT2D eigenvalue weighted by atomic mass is 10.0. The number of benzene rings is 1. The van der Waals surface area contributed by atoms with E-state index in [2.05, 4.69) is 4.90 Å². The van der Waals surface area contributed by atoms with E-state index in [4.69, 9.17) is 5.73 Å². The molecule has 1 fully saturated rings. The molecule has 5 nitrogen and oxygen atoms in total. The van der Waals surface area contributed by atoms with Crippen molar-refractivity contribution in [2.45, 2.75) is 25.4 Å². The molecule has 0 aromatic heterocycles. The number of nitrogens with zero attached hydrogens (tertiary/aromatic N) is 2. The van der Waals surface area contributed by atoms with Gasteiger partial charge in [0.2, 0.25) is 0 Å². The maximum Gasteiger partial charge on any atom is 0.273 e. The van der Waals surface area contributed by atoms with Crippen molar-refractivity contribution in [2.24, 2.45) is 5.73 Å². The molecule has 1 heterocycles. The molecule has 2 N–H and O–H groups in total. The highest BCUT2D eigenvalue weighted by molar-refractivity contribution is 5.85. The van der Waals surface area contributed by atoms with Gasteiger partial charge in [-0.2, -0.15) is 0 Å². The van der Waals surface area contributed by atoms with Crippen molar-refractivity contribution in [1.82, 2.24) is 4.90 Å². The van der Waals surface area contributed by atoms with Crippen LogP contribution in [0.2, 0.25) is 0 Å². The summed E-state index contributed by atoms with van der Waals surface area (Å²) in [5, 5.41) is 10.9. The van der Waals surface area contributed by atoms with Gasteiger partial charge in [-0.1, -0.05) is 18.2 Å². The minimum Gasteiger partial charge on any atom is -0.328 e. The van der Waals surface area contributed by atoms with Crippen LogP contribution < -0.4 is 5.73 Å². The summed E-state index contributed by atoms with van der Waals surface area (Å²) in [6.45, 7) is 2.49. The lowest BCUT2D eigenvalue weighted by molar-refractivity contribution is -0.385. The molecule has 0 bridgehead atoms. The summed E-state index contributed by atoms with van der Waals surface area (Å²) in [6, 6.07) is 7.22. The SMILES string of the molecule is Cl.NC1CCN(Cc2ccccc2[N+](=O)[O-])CC1. The van der Waals surface area contributed by atoms with Crippen molar-refractivity contribution in [3.05, 3.63) is 39.9 Å². The molecule has 100 valence electrons. The highest BCUT2D eigenvalue weighted by Gasteiger charge is 2.19. The van der Waals surface area contributed by atoms with Crippen LogP contribution in [0.15, 0.2) is 24.3 Å². The van der Waals surface area contributed by atoms with Gasteiger partial charge in [0.1, 0.15) is 0 Å². The van der Waals surface area contributed by atoms with E-state index in [0.29, 0.717) is 6.54 Å². The third-order valence-electron chi connectivity index (χ3n) is 3.21. The molecule has 0 spiro atoms. The third kappa shape index (κ3) is 3.66. The fourth-order valence-corrected chi connectivity index (χ4v) is 2.17. The standard InChI is InChI=1S/C12H17N3O2.ClH/c13-11-5-7-14(8-6-11)9-10-3-1-2-4-12(10)15(16)17;/h1-4,11H,5-9,13H2;1H. The van der Waals surface area contributed by atoms with E-state index < -0.39 is 0 Å². The molecule has 1 aliphatic rings. The molecular formula is C12H18ClN3O2. The van der Waals surface area contributed by atoms with E-state index >= 15 is 0 Å². The van der Waals surface area contributed by atoms with Crippen LogP contribution in [0.5, 0.6) is 0 Å². The molecule has 1 aromatic carbocycles. The summed E-state index contributed by atoms with van der Waals surface area (Å²) in [5.74, 6) is 0. The fraction of sp³-hybridized carbons (Fsp3) is 0.500. The van der Waals surface area contributed by atoms with Crippen LogP contribution in [-0.4, -0.2) is 29.0 Å². The van der Waals surface area contributed by atoms with Crippen molar-refractivity contribution in [3.8, 4) is 0 Å². The second kappa shape index (κ2) is 6.68. The Hall–Kier alpha value is -1.17. The van der Waals surface area contributed by atoms with E-state index in [1.165, 1.54) is 0 Å². The van der Waals surface area contributed by atoms with E-state index in [-0.39, 0.29) is 29.1 Å².